The number of hydrogen-bond acceptors (Lipinski definition) is 9. The van der Waals surface area contributed by atoms with Crippen molar-refractivity contribution < 1.29 is 34.1 Å². The predicted molar refractivity (Wildman–Crippen MR) is 220 cm³/mol. The lowest BCUT2D eigenvalue weighted by atomic mass is 9.93. The lowest BCUT2D eigenvalue weighted by molar-refractivity contribution is -0.246. The van der Waals surface area contributed by atoms with Gasteiger partial charge in [0.15, 0.2) is 0 Å². The number of aromatic nitrogens is 2. The van der Waals surface area contributed by atoms with Gasteiger partial charge in [-0.15, -0.1) is 0 Å². The summed E-state index contributed by atoms with van der Waals surface area (Å²) in [6, 6.07) is 40.3. The van der Waals surface area contributed by atoms with E-state index in [1.54, 1.807) is 85.2 Å². The monoisotopic (exact) mass is 791 g/mol. The van der Waals surface area contributed by atoms with E-state index in [2.05, 4.69) is 25.9 Å². The number of carbonyl (C=O) groups excluding carboxylic acids is 4. The number of carboxylic acid groups (broad SMARTS) is 1. The standard InChI is InChI=1S/C46H44N6O7/c53-42(40(28-33-17-5-2-6-18-33)50-44(55)38-22-8-10-24-41(38)52(46(57)58)30-34-19-11-13-25-47-34)29-36(27-32-15-3-1-4-16-32)49-43(54)37-21-7-9-23-39(37)51-45(56)59-31-35-20-12-14-26-48-35/h1-26,36,40,42,53H,27-31H2,(H,49,54)(H,50,55)(H,51,56)(H,57,58)/p-1/t36-,40-,42-/m0/s1. The maximum atomic E-state index is 14.1. The van der Waals surface area contributed by atoms with Crippen LogP contribution in [0.15, 0.2) is 158 Å². The fourth-order valence-electron chi connectivity index (χ4n) is 6.57. The van der Waals surface area contributed by atoms with Gasteiger partial charge >= 0.3 is 6.09 Å². The van der Waals surface area contributed by atoms with Crippen molar-refractivity contribution >= 4 is 35.4 Å². The largest absolute Gasteiger partial charge is 0.530 e. The van der Waals surface area contributed by atoms with Crippen LogP contribution in [0, 0.1) is 0 Å². The molecule has 6 rings (SSSR count). The normalized spacial score (nSPS) is 12.3. The van der Waals surface area contributed by atoms with Crippen molar-refractivity contribution in [1.29, 1.82) is 0 Å². The van der Waals surface area contributed by atoms with Crippen LogP contribution in [-0.2, 0) is 30.7 Å². The summed E-state index contributed by atoms with van der Waals surface area (Å²) in [7, 11) is 0. The quantitative estimate of drug-likeness (QED) is 0.0899. The number of nitrogens with zero attached hydrogens (tertiary/aromatic N) is 3. The van der Waals surface area contributed by atoms with Crippen molar-refractivity contribution in [2.45, 2.75) is 50.6 Å². The average molecular weight is 792 g/mol. The minimum atomic E-state index is -1.52. The number of benzene rings is 4. The highest BCUT2D eigenvalue weighted by molar-refractivity contribution is 6.03. The first-order valence-electron chi connectivity index (χ1n) is 19.0. The van der Waals surface area contributed by atoms with Crippen LogP contribution in [0.3, 0.4) is 0 Å². The highest BCUT2D eigenvalue weighted by Gasteiger charge is 2.29. The Morgan fingerprint density at radius 2 is 1.20 bits per heavy atom. The van der Waals surface area contributed by atoms with E-state index in [0.29, 0.717) is 17.8 Å². The molecule has 0 aliphatic rings. The highest BCUT2D eigenvalue weighted by Crippen LogP contribution is 2.24. The number of aliphatic hydroxyl groups is 1. The van der Waals surface area contributed by atoms with Gasteiger partial charge in [0.2, 0.25) is 0 Å². The molecular weight excluding hydrogens is 749 g/mol. The van der Waals surface area contributed by atoms with Gasteiger partial charge in [0.1, 0.15) is 12.7 Å². The molecule has 0 unspecified atom stereocenters. The summed E-state index contributed by atoms with van der Waals surface area (Å²) in [5.41, 5.74) is 3.26. The van der Waals surface area contributed by atoms with Crippen molar-refractivity contribution in [3.8, 4) is 0 Å². The zero-order valence-electron chi connectivity index (χ0n) is 32.0. The number of nitrogens with one attached hydrogen (secondary N) is 3. The number of carbonyl (C=O) groups is 4. The van der Waals surface area contributed by atoms with Gasteiger partial charge in [-0.25, -0.2) is 4.79 Å². The molecule has 4 N–H and O–H groups in total. The number of anilines is 2. The molecule has 2 aromatic heterocycles. The molecule has 3 atom stereocenters. The Kier molecular flexibility index (Phi) is 14.5. The van der Waals surface area contributed by atoms with Crippen LogP contribution in [0.25, 0.3) is 0 Å². The number of amides is 4. The number of hydrogen-bond donors (Lipinski definition) is 4. The van der Waals surface area contributed by atoms with Gasteiger partial charge in [0, 0.05) is 18.4 Å². The van der Waals surface area contributed by atoms with Gasteiger partial charge < -0.3 is 35.3 Å². The molecule has 0 aliphatic carbocycles. The Morgan fingerprint density at radius 1 is 0.644 bits per heavy atom. The molecule has 2 heterocycles. The molecular formula is C46H43N6O7-. The molecule has 4 aromatic carbocycles. The minimum absolute atomic E-state index is 0.00657. The predicted octanol–water partition coefficient (Wildman–Crippen LogP) is 5.71. The van der Waals surface area contributed by atoms with E-state index in [4.69, 9.17) is 4.74 Å². The summed E-state index contributed by atoms with van der Waals surface area (Å²) in [5, 5.41) is 33.1. The Morgan fingerprint density at radius 3 is 1.85 bits per heavy atom. The van der Waals surface area contributed by atoms with E-state index in [9.17, 15) is 29.4 Å². The van der Waals surface area contributed by atoms with Gasteiger partial charge in [0.25, 0.3) is 11.8 Å². The summed E-state index contributed by atoms with van der Waals surface area (Å²) in [6.45, 7) is -0.222. The third-order valence-corrected chi connectivity index (χ3v) is 9.46. The van der Waals surface area contributed by atoms with Crippen LogP contribution < -0.4 is 26.0 Å². The number of pyridine rings is 2. The highest BCUT2D eigenvalue weighted by atomic mass is 16.5. The lowest BCUT2D eigenvalue weighted by Gasteiger charge is -2.30. The summed E-state index contributed by atoms with van der Waals surface area (Å²) in [4.78, 5) is 62.6. The summed E-state index contributed by atoms with van der Waals surface area (Å²) < 4.78 is 5.33. The summed E-state index contributed by atoms with van der Waals surface area (Å²) in [6.07, 6.45) is 0.189. The molecule has 13 nitrogen and oxygen atoms in total. The second-order valence-electron chi connectivity index (χ2n) is 13.7. The van der Waals surface area contributed by atoms with Crippen molar-refractivity contribution in [3.05, 3.63) is 192 Å². The molecule has 6 aromatic rings. The average Bonchev–Trinajstić information content (AvgIpc) is 3.26. The third-order valence-electron chi connectivity index (χ3n) is 9.46. The zero-order valence-corrected chi connectivity index (χ0v) is 32.0. The smallest absolute Gasteiger partial charge is 0.412 e. The Labute approximate surface area is 341 Å². The molecule has 0 spiro atoms. The Hall–Kier alpha value is -7.38. The zero-order chi connectivity index (χ0) is 41.4. The molecule has 0 saturated carbocycles. The third kappa shape index (κ3) is 12.1. The Balaban J connectivity index is 1.23. The fraction of sp³-hybridized carbons (Fsp3) is 0.174. The SMILES string of the molecule is O=C(Nc1ccccc1C(=O)N[C@@H](Cc1ccccc1)C[C@H](O)[C@H](Cc1ccccc1)NC(=O)c1ccccc1N(Cc1ccccn1)C(=O)[O-])OCc1ccccn1. The molecule has 4 amide bonds. The van der Waals surface area contributed by atoms with Gasteiger partial charge in [0.05, 0.1) is 52.6 Å². The van der Waals surface area contributed by atoms with E-state index in [1.165, 1.54) is 12.1 Å². The Bertz CT molecular complexity index is 2300. The maximum absolute atomic E-state index is 14.1. The van der Waals surface area contributed by atoms with E-state index >= 15 is 0 Å². The molecule has 0 saturated heterocycles. The molecule has 0 radical (unpaired) electrons. The van der Waals surface area contributed by atoms with Gasteiger partial charge in [-0.05, 0) is 78.9 Å². The first-order chi connectivity index (χ1) is 28.7. The molecule has 0 fully saturated rings. The van der Waals surface area contributed by atoms with Gasteiger partial charge in [-0.2, -0.15) is 0 Å². The second-order valence-corrected chi connectivity index (χ2v) is 13.7. The maximum Gasteiger partial charge on any atom is 0.412 e. The van der Waals surface area contributed by atoms with Crippen LogP contribution in [-0.4, -0.2) is 57.3 Å². The minimum Gasteiger partial charge on any atom is -0.530 e. The number of rotatable bonds is 17. The molecule has 59 heavy (non-hydrogen) atoms. The summed E-state index contributed by atoms with van der Waals surface area (Å²) in [5.74, 6) is -1.13. The van der Waals surface area contributed by atoms with E-state index in [-0.39, 0.29) is 48.5 Å². The molecule has 13 heteroatoms. The van der Waals surface area contributed by atoms with Crippen LogP contribution in [0.4, 0.5) is 21.0 Å². The number of ether oxygens (including phenoxy) is 1. The first kappa shape index (κ1) is 41.3. The second kappa shape index (κ2) is 20.7. The number of aliphatic hydroxyl groups excluding tert-OH is 1. The van der Waals surface area contributed by atoms with Gasteiger partial charge in [-0.1, -0.05) is 97.1 Å². The van der Waals surface area contributed by atoms with E-state index < -0.39 is 42.2 Å². The first-order valence-corrected chi connectivity index (χ1v) is 19.0. The summed E-state index contributed by atoms with van der Waals surface area (Å²) >= 11 is 0. The molecule has 0 bridgehead atoms. The van der Waals surface area contributed by atoms with Crippen LogP contribution >= 0.6 is 0 Å². The van der Waals surface area contributed by atoms with Crippen molar-refractivity contribution in [2.75, 3.05) is 10.2 Å². The van der Waals surface area contributed by atoms with Crippen molar-refractivity contribution in [1.82, 2.24) is 20.6 Å². The molecule has 300 valence electrons. The number of para-hydroxylation sites is 2. The lowest BCUT2D eigenvalue weighted by Crippen LogP contribution is -2.49. The van der Waals surface area contributed by atoms with Crippen molar-refractivity contribution in [2.24, 2.45) is 0 Å². The van der Waals surface area contributed by atoms with Crippen molar-refractivity contribution in [3.63, 3.8) is 0 Å². The van der Waals surface area contributed by atoms with Crippen LogP contribution in [0.1, 0.15) is 49.7 Å². The van der Waals surface area contributed by atoms with Crippen LogP contribution in [0.5, 0.6) is 0 Å². The van der Waals surface area contributed by atoms with Crippen LogP contribution in [0.2, 0.25) is 0 Å². The van der Waals surface area contributed by atoms with Gasteiger partial charge in [-0.3, -0.25) is 24.9 Å². The topological polar surface area (TPSA) is 186 Å². The fourth-order valence-corrected chi connectivity index (χ4v) is 6.57. The molecule has 0 aliphatic heterocycles. The van der Waals surface area contributed by atoms with E-state index in [1.807, 2.05) is 60.7 Å². The van der Waals surface area contributed by atoms with E-state index in [0.717, 1.165) is 16.0 Å².